The van der Waals surface area contributed by atoms with Crippen LogP contribution in [0.3, 0.4) is 0 Å². The maximum absolute atomic E-state index is 14.4. The van der Waals surface area contributed by atoms with E-state index < -0.39 is 22.6 Å². The number of carbonyl (C=O) groups is 2. The van der Waals surface area contributed by atoms with Crippen molar-refractivity contribution in [1.82, 2.24) is 4.90 Å². The third-order valence-corrected chi connectivity index (χ3v) is 7.75. The number of hydrogen-bond acceptors (Lipinski definition) is 6. The summed E-state index contributed by atoms with van der Waals surface area (Å²) in [7, 11) is 4.41. The van der Waals surface area contributed by atoms with E-state index in [0.29, 0.717) is 17.1 Å². The molecule has 1 aliphatic rings. The number of esters is 1. The molecule has 3 aromatic carbocycles. The summed E-state index contributed by atoms with van der Waals surface area (Å²) in [6, 6.07) is 18.3. The van der Waals surface area contributed by atoms with Gasteiger partial charge in [-0.05, 0) is 48.9 Å². The molecular weight excluding hydrogens is 481 g/mol. The lowest BCUT2D eigenvalue weighted by Gasteiger charge is -2.35. The number of ether oxygens (including phenoxy) is 3. The normalized spacial score (nSPS) is 19.3. The topological polar surface area (TPSA) is 65.1 Å². The van der Waals surface area contributed by atoms with Gasteiger partial charge in [0.2, 0.25) is 5.91 Å². The van der Waals surface area contributed by atoms with Crippen LogP contribution in [-0.4, -0.2) is 42.9 Å². The van der Waals surface area contributed by atoms with Crippen LogP contribution in [0.25, 0.3) is 0 Å². The number of amides is 1. The van der Waals surface area contributed by atoms with Gasteiger partial charge in [0.15, 0.2) is 4.75 Å². The van der Waals surface area contributed by atoms with Crippen molar-refractivity contribution >= 4 is 23.6 Å². The maximum Gasteiger partial charge on any atom is 0.325 e. The summed E-state index contributed by atoms with van der Waals surface area (Å²) >= 11 is 1.27. The number of halogens is 1. The van der Waals surface area contributed by atoms with Gasteiger partial charge in [-0.3, -0.25) is 9.59 Å². The predicted octanol–water partition coefficient (Wildman–Crippen LogP) is 5.33. The van der Waals surface area contributed by atoms with E-state index in [-0.39, 0.29) is 18.9 Å². The lowest BCUT2D eigenvalue weighted by Crippen LogP contribution is -2.42. The Morgan fingerprint density at radius 2 is 1.81 bits per heavy atom. The average Bonchev–Trinajstić information content (AvgIpc) is 3.16. The molecule has 0 N–H and O–H groups in total. The Morgan fingerprint density at radius 1 is 1.06 bits per heavy atom. The Kier molecular flexibility index (Phi) is 7.54. The number of benzene rings is 3. The van der Waals surface area contributed by atoms with Crippen molar-refractivity contribution in [3.63, 3.8) is 0 Å². The van der Waals surface area contributed by atoms with Crippen LogP contribution in [0.2, 0.25) is 0 Å². The van der Waals surface area contributed by atoms with Gasteiger partial charge in [0.25, 0.3) is 0 Å². The molecule has 4 rings (SSSR count). The lowest BCUT2D eigenvalue weighted by atomic mass is 9.92. The number of hydrogen-bond donors (Lipinski definition) is 0. The van der Waals surface area contributed by atoms with Crippen LogP contribution in [0.4, 0.5) is 4.39 Å². The van der Waals surface area contributed by atoms with E-state index in [1.54, 1.807) is 43.4 Å². The number of methoxy groups -OCH3 is 3. The number of thioether (sulfide) groups is 1. The van der Waals surface area contributed by atoms with Crippen LogP contribution < -0.4 is 9.47 Å². The zero-order valence-electron chi connectivity index (χ0n) is 20.6. The molecule has 1 amide bonds. The lowest BCUT2D eigenvalue weighted by molar-refractivity contribution is -0.144. The van der Waals surface area contributed by atoms with E-state index in [4.69, 9.17) is 14.2 Å². The molecule has 0 aliphatic carbocycles. The molecule has 188 valence electrons. The molecule has 6 nitrogen and oxygen atoms in total. The summed E-state index contributed by atoms with van der Waals surface area (Å²) in [5.74, 6) is -0.0780. The maximum atomic E-state index is 14.4. The fraction of sp³-hybridized carbons (Fsp3) is 0.286. The standard InChI is InChI=1S/C28H28FNO5S/c1-18-8-12-23(13-9-18)36-28(27(32)35-4)16-25(31)30(26(28)19-6-5-7-21(29)14-19)17-20-10-11-22(33-2)15-24(20)34-3/h5-15,26H,16-17H2,1-4H3. The fourth-order valence-electron chi connectivity index (χ4n) is 4.60. The van der Waals surface area contributed by atoms with E-state index in [1.165, 1.54) is 31.0 Å². The Balaban J connectivity index is 1.84. The molecule has 0 saturated carbocycles. The van der Waals surface area contributed by atoms with E-state index >= 15 is 0 Å². The highest BCUT2D eigenvalue weighted by Crippen LogP contribution is 2.54. The van der Waals surface area contributed by atoms with Crippen molar-refractivity contribution in [2.24, 2.45) is 0 Å². The summed E-state index contributed by atoms with van der Waals surface area (Å²) in [6.07, 6.45) is -0.0993. The van der Waals surface area contributed by atoms with Crippen molar-refractivity contribution in [2.75, 3.05) is 21.3 Å². The Bertz CT molecular complexity index is 1270. The first kappa shape index (κ1) is 25.6. The van der Waals surface area contributed by atoms with Crippen molar-refractivity contribution < 1.29 is 28.2 Å². The van der Waals surface area contributed by atoms with Crippen molar-refractivity contribution in [2.45, 2.75) is 35.6 Å². The molecule has 2 atom stereocenters. The van der Waals surface area contributed by atoms with Crippen molar-refractivity contribution in [3.05, 3.63) is 89.2 Å². The number of likely N-dealkylation sites (tertiary alicyclic amines) is 1. The van der Waals surface area contributed by atoms with Crippen molar-refractivity contribution in [1.29, 1.82) is 0 Å². The zero-order valence-corrected chi connectivity index (χ0v) is 21.4. The molecule has 0 radical (unpaired) electrons. The molecule has 1 heterocycles. The quantitative estimate of drug-likeness (QED) is 0.383. The van der Waals surface area contributed by atoms with E-state index in [1.807, 2.05) is 37.3 Å². The second kappa shape index (κ2) is 10.6. The highest BCUT2D eigenvalue weighted by atomic mass is 32.2. The first-order chi connectivity index (χ1) is 17.3. The van der Waals surface area contributed by atoms with Crippen LogP contribution in [-0.2, 0) is 20.9 Å². The van der Waals surface area contributed by atoms with Gasteiger partial charge in [-0.15, -0.1) is 11.8 Å². The molecule has 1 saturated heterocycles. The molecule has 36 heavy (non-hydrogen) atoms. The number of carbonyl (C=O) groups excluding carboxylic acids is 2. The van der Waals surface area contributed by atoms with Gasteiger partial charge in [0, 0.05) is 23.1 Å². The first-order valence-electron chi connectivity index (χ1n) is 11.4. The van der Waals surface area contributed by atoms with Crippen LogP contribution in [0.5, 0.6) is 11.5 Å². The highest BCUT2D eigenvalue weighted by molar-refractivity contribution is 8.01. The predicted molar refractivity (Wildman–Crippen MR) is 136 cm³/mol. The SMILES string of the molecule is COC(=O)C1(Sc2ccc(C)cc2)CC(=O)N(Cc2ccc(OC)cc2OC)C1c1cccc(F)c1. The molecule has 8 heteroatoms. The smallest absolute Gasteiger partial charge is 0.325 e. The van der Waals surface area contributed by atoms with E-state index in [9.17, 15) is 14.0 Å². The summed E-state index contributed by atoms with van der Waals surface area (Å²) in [5.41, 5.74) is 2.32. The summed E-state index contributed by atoms with van der Waals surface area (Å²) < 4.78 is 29.2. The second-order valence-electron chi connectivity index (χ2n) is 8.63. The van der Waals surface area contributed by atoms with Gasteiger partial charge >= 0.3 is 5.97 Å². The zero-order chi connectivity index (χ0) is 25.9. The Labute approximate surface area is 214 Å². The average molecular weight is 510 g/mol. The van der Waals surface area contributed by atoms with Gasteiger partial charge in [0.1, 0.15) is 17.3 Å². The molecule has 1 fully saturated rings. The number of aryl methyl sites for hydroxylation is 1. The van der Waals surface area contributed by atoms with Crippen LogP contribution >= 0.6 is 11.8 Å². The van der Waals surface area contributed by atoms with Gasteiger partial charge in [-0.25, -0.2) is 4.39 Å². The van der Waals surface area contributed by atoms with Gasteiger partial charge in [-0.2, -0.15) is 0 Å². The molecular formula is C28H28FNO5S. The van der Waals surface area contributed by atoms with E-state index in [0.717, 1.165) is 16.0 Å². The van der Waals surface area contributed by atoms with Crippen LogP contribution in [0.1, 0.15) is 29.2 Å². The Hall–Kier alpha value is -3.52. The molecule has 2 unspecified atom stereocenters. The minimum atomic E-state index is -1.32. The van der Waals surface area contributed by atoms with Gasteiger partial charge in [-0.1, -0.05) is 29.8 Å². The third kappa shape index (κ3) is 4.91. The largest absolute Gasteiger partial charge is 0.497 e. The number of rotatable bonds is 8. The fourth-order valence-corrected chi connectivity index (χ4v) is 6.03. The summed E-state index contributed by atoms with van der Waals surface area (Å²) in [5, 5.41) is 0. The highest BCUT2D eigenvalue weighted by Gasteiger charge is 2.59. The minimum Gasteiger partial charge on any atom is -0.497 e. The first-order valence-corrected chi connectivity index (χ1v) is 12.2. The van der Waals surface area contributed by atoms with Crippen LogP contribution in [0.15, 0.2) is 71.6 Å². The molecule has 0 spiro atoms. The molecule has 0 aromatic heterocycles. The van der Waals surface area contributed by atoms with Crippen LogP contribution in [0, 0.1) is 12.7 Å². The van der Waals surface area contributed by atoms with Crippen molar-refractivity contribution in [3.8, 4) is 11.5 Å². The Morgan fingerprint density at radius 3 is 2.44 bits per heavy atom. The van der Waals surface area contributed by atoms with Gasteiger partial charge < -0.3 is 19.1 Å². The molecule has 1 aliphatic heterocycles. The monoisotopic (exact) mass is 509 g/mol. The summed E-state index contributed by atoms with van der Waals surface area (Å²) in [4.78, 5) is 29.5. The molecule has 3 aromatic rings. The second-order valence-corrected chi connectivity index (χ2v) is 10.0. The van der Waals surface area contributed by atoms with E-state index in [2.05, 4.69) is 0 Å². The number of nitrogens with zero attached hydrogens (tertiary/aromatic N) is 1. The summed E-state index contributed by atoms with van der Waals surface area (Å²) in [6.45, 7) is 2.13. The minimum absolute atomic E-state index is 0.0993. The third-order valence-electron chi connectivity index (χ3n) is 6.34. The molecule has 0 bridgehead atoms. The van der Waals surface area contributed by atoms with Gasteiger partial charge in [0.05, 0.1) is 33.8 Å².